The van der Waals surface area contributed by atoms with Gasteiger partial charge in [-0.3, -0.25) is 14.5 Å². The van der Waals surface area contributed by atoms with Crippen LogP contribution in [0.3, 0.4) is 0 Å². The number of hydrogen-bond donors (Lipinski definition) is 1. The molecule has 2 aliphatic heterocycles. The number of likely N-dealkylation sites (tertiary alicyclic amines) is 1. The highest BCUT2D eigenvalue weighted by molar-refractivity contribution is 5.89. The molecule has 0 spiro atoms. The quantitative estimate of drug-likeness (QED) is 0.735. The average Bonchev–Trinajstić information content (AvgIpc) is 3.30. The number of hydrogen-bond acceptors (Lipinski definition) is 4. The molecule has 0 aromatic carbocycles. The number of nitrogens with one attached hydrogen (secondary N) is 1. The first-order valence-electron chi connectivity index (χ1n) is 8.69. The maximum Gasteiger partial charge on any atom is 0.225 e. The molecule has 3 rings (SSSR count). The predicted octanol–water partition coefficient (Wildman–Crippen LogP) is -0.249. The number of rotatable bonds is 6. The van der Waals surface area contributed by atoms with E-state index in [1.54, 1.807) is 0 Å². The van der Waals surface area contributed by atoms with Crippen LogP contribution in [0.15, 0.2) is 0 Å². The number of likely N-dealkylation sites (N-methyl/N-ethyl adjacent to an activating group) is 1. The highest BCUT2D eigenvalue weighted by Gasteiger charge is 2.41. The zero-order valence-electron chi connectivity index (χ0n) is 13.6. The molecule has 1 saturated carbocycles. The van der Waals surface area contributed by atoms with Gasteiger partial charge in [0, 0.05) is 58.3 Å². The van der Waals surface area contributed by atoms with Crippen LogP contribution in [0.1, 0.15) is 26.2 Å². The zero-order chi connectivity index (χ0) is 15.5. The van der Waals surface area contributed by atoms with Crippen LogP contribution in [0.5, 0.6) is 0 Å². The Hall–Kier alpha value is -1.14. The highest BCUT2D eigenvalue weighted by Crippen LogP contribution is 2.32. The van der Waals surface area contributed by atoms with Crippen molar-refractivity contribution in [1.29, 1.82) is 0 Å². The lowest BCUT2D eigenvalue weighted by Crippen LogP contribution is -2.48. The molecule has 3 fully saturated rings. The minimum Gasteiger partial charge on any atom is -0.355 e. The highest BCUT2D eigenvalue weighted by atomic mass is 16.2. The van der Waals surface area contributed by atoms with Crippen molar-refractivity contribution in [3.63, 3.8) is 0 Å². The fourth-order valence-corrected chi connectivity index (χ4v) is 3.46. The summed E-state index contributed by atoms with van der Waals surface area (Å²) >= 11 is 0. The second-order valence-corrected chi connectivity index (χ2v) is 6.75. The Morgan fingerprint density at radius 3 is 2.50 bits per heavy atom. The Bertz CT molecular complexity index is 416. The molecule has 6 heteroatoms. The van der Waals surface area contributed by atoms with Gasteiger partial charge < -0.3 is 15.1 Å². The van der Waals surface area contributed by atoms with Gasteiger partial charge in [0.25, 0.3) is 0 Å². The van der Waals surface area contributed by atoms with Gasteiger partial charge in [-0.1, -0.05) is 6.92 Å². The Morgan fingerprint density at radius 1 is 1.18 bits per heavy atom. The molecule has 1 unspecified atom stereocenters. The lowest BCUT2D eigenvalue weighted by molar-refractivity contribution is -0.129. The van der Waals surface area contributed by atoms with Crippen LogP contribution in [-0.4, -0.2) is 84.9 Å². The van der Waals surface area contributed by atoms with Crippen molar-refractivity contribution in [2.45, 2.75) is 32.2 Å². The first-order chi connectivity index (χ1) is 10.7. The average molecular weight is 308 g/mol. The predicted molar refractivity (Wildman–Crippen MR) is 84.4 cm³/mol. The summed E-state index contributed by atoms with van der Waals surface area (Å²) in [6.07, 6.45) is 2.63. The molecule has 0 radical (unpaired) electrons. The van der Waals surface area contributed by atoms with Gasteiger partial charge in [-0.2, -0.15) is 0 Å². The van der Waals surface area contributed by atoms with Gasteiger partial charge in [-0.05, 0) is 19.4 Å². The maximum atomic E-state index is 12.2. The van der Waals surface area contributed by atoms with Crippen LogP contribution >= 0.6 is 0 Å². The number of amides is 2. The standard InChI is InChI=1S/C16H28N4O2/c1-2-18-7-9-19(10-8-18)6-5-17-16(22)13-11-15(21)20(12-13)14-3-4-14/h13-14H,2-12H2,1H3,(H,17,22). The summed E-state index contributed by atoms with van der Waals surface area (Å²) in [5, 5.41) is 3.02. The van der Waals surface area contributed by atoms with E-state index >= 15 is 0 Å². The normalized spacial score (nSPS) is 27.4. The number of carbonyl (C=O) groups excluding carboxylic acids is 2. The molecule has 1 N–H and O–H groups in total. The number of nitrogens with zero attached hydrogens (tertiary/aromatic N) is 3. The van der Waals surface area contributed by atoms with Crippen molar-refractivity contribution < 1.29 is 9.59 Å². The van der Waals surface area contributed by atoms with Gasteiger partial charge in [-0.15, -0.1) is 0 Å². The lowest BCUT2D eigenvalue weighted by Gasteiger charge is -2.34. The second-order valence-electron chi connectivity index (χ2n) is 6.75. The van der Waals surface area contributed by atoms with Gasteiger partial charge in [0.05, 0.1) is 5.92 Å². The summed E-state index contributed by atoms with van der Waals surface area (Å²) in [5.74, 6) is 0.0899. The van der Waals surface area contributed by atoms with Crippen molar-refractivity contribution in [3.8, 4) is 0 Å². The van der Waals surface area contributed by atoms with Crippen LogP contribution in [0.2, 0.25) is 0 Å². The van der Waals surface area contributed by atoms with E-state index in [0.717, 1.165) is 52.1 Å². The third-order valence-corrected chi connectivity index (χ3v) is 5.16. The Kier molecular flexibility index (Phi) is 4.98. The van der Waals surface area contributed by atoms with Crippen LogP contribution in [0.25, 0.3) is 0 Å². The van der Waals surface area contributed by atoms with Crippen molar-refractivity contribution in [1.82, 2.24) is 20.0 Å². The molecule has 0 bridgehead atoms. The fraction of sp³-hybridized carbons (Fsp3) is 0.875. The molecule has 2 amide bonds. The summed E-state index contributed by atoms with van der Waals surface area (Å²) in [7, 11) is 0. The monoisotopic (exact) mass is 308 g/mol. The molecule has 1 aliphatic carbocycles. The van der Waals surface area contributed by atoms with Crippen molar-refractivity contribution in [2.24, 2.45) is 5.92 Å². The smallest absolute Gasteiger partial charge is 0.225 e. The van der Waals surface area contributed by atoms with E-state index < -0.39 is 0 Å². The van der Waals surface area contributed by atoms with Gasteiger partial charge >= 0.3 is 0 Å². The molecule has 6 nitrogen and oxygen atoms in total. The summed E-state index contributed by atoms with van der Waals surface area (Å²) in [6.45, 7) is 9.97. The third kappa shape index (κ3) is 3.79. The molecular formula is C16H28N4O2. The Morgan fingerprint density at radius 2 is 1.86 bits per heavy atom. The Labute approximate surface area is 132 Å². The summed E-state index contributed by atoms with van der Waals surface area (Å²) in [4.78, 5) is 30.9. The molecule has 2 heterocycles. The van der Waals surface area contributed by atoms with E-state index in [1.807, 2.05) is 4.90 Å². The zero-order valence-corrected chi connectivity index (χ0v) is 13.6. The first kappa shape index (κ1) is 15.7. The van der Waals surface area contributed by atoms with Gasteiger partial charge in [0.15, 0.2) is 0 Å². The van der Waals surface area contributed by atoms with Crippen LogP contribution in [0.4, 0.5) is 0 Å². The van der Waals surface area contributed by atoms with Crippen molar-refractivity contribution in [2.75, 3.05) is 52.4 Å². The van der Waals surface area contributed by atoms with E-state index in [4.69, 9.17) is 0 Å². The van der Waals surface area contributed by atoms with Crippen molar-refractivity contribution >= 4 is 11.8 Å². The fourth-order valence-electron chi connectivity index (χ4n) is 3.46. The van der Waals surface area contributed by atoms with Gasteiger partial charge in [0.1, 0.15) is 0 Å². The molecule has 124 valence electrons. The van der Waals surface area contributed by atoms with Crippen LogP contribution in [-0.2, 0) is 9.59 Å². The van der Waals surface area contributed by atoms with Gasteiger partial charge in [-0.25, -0.2) is 0 Å². The molecular weight excluding hydrogens is 280 g/mol. The minimum atomic E-state index is -0.134. The largest absolute Gasteiger partial charge is 0.355 e. The van der Waals surface area contributed by atoms with E-state index in [2.05, 4.69) is 22.0 Å². The molecule has 1 atom stereocenters. The summed E-state index contributed by atoms with van der Waals surface area (Å²) in [5.41, 5.74) is 0. The summed E-state index contributed by atoms with van der Waals surface area (Å²) < 4.78 is 0. The Balaban J connectivity index is 1.34. The molecule has 22 heavy (non-hydrogen) atoms. The van der Waals surface area contributed by atoms with Gasteiger partial charge in [0.2, 0.25) is 11.8 Å². The number of piperazine rings is 1. The number of carbonyl (C=O) groups is 2. The molecule has 0 aromatic heterocycles. The van der Waals surface area contributed by atoms with Crippen LogP contribution < -0.4 is 5.32 Å². The summed E-state index contributed by atoms with van der Waals surface area (Å²) in [6, 6.07) is 0.431. The third-order valence-electron chi connectivity index (χ3n) is 5.16. The lowest BCUT2D eigenvalue weighted by atomic mass is 10.1. The minimum absolute atomic E-state index is 0.0590. The van der Waals surface area contributed by atoms with E-state index in [-0.39, 0.29) is 17.7 Å². The second kappa shape index (κ2) is 6.96. The van der Waals surface area contributed by atoms with E-state index in [0.29, 0.717) is 25.6 Å². The molecule has 0 aromatic rings. The van der Waals surface area contributed by atoms with Crippen molar-refractivity contribution in [3.05, 3.63) is 0 Å². The van der Waals surface area contributed by atoms with E-state index in [9.17, 15) is 9.59 Å². The topological polar surface area (TPSA) is 55.9 Å². The van der Waals surface area contributed by atoms with E-state index in [1.165, 1.54) is 0 Å². The SMILES string of the molecule is CCN1CCN(CCNC(=O)C2CC(=O)N(C3CC3)C2)CC1. The molecule has 3 aliphatic rings. The maximum absolute atomic E-state index is 12.2. The molecule has 2 saturated heterocycles. The first-order valence-corrected chi connectivity index (χ1v) is 8.69. The van der Waals surface area contributed by atoms with Crippen LogP contribution in [0, 0.1) is 5.92 Å².